The van der Waals surface area contributed by atoms with Crippen LogP contribution in [0.1, 0.15) is 18.1 Å². The predicted octanol–water partition coefficient (Wildman–Crippen LogP) is 3.63. The van der Waals surface area contributed by atoms with Gasteiger partial charge in [-0.05, 0) is 37.7 Å². The van der Waals surface area contributed by atoms with Crippen molar-refractivity contribution in [3.63, 3.8) is 0 Å². The molecule has 0 saturated carbocycles. The Morgan fingerprint density at radius 3 is 2.64 bits per heavy atom. The first-order valence-corrected chi connectivity index (χ1v) is 7.27. The minimum Gasteiger partial charge on any atom is -0.380 e. The maximum Gasteiger partial charge on any atom is 0.124 e. The maximum atomic E-state index is 13.1. The number of nitrogens with one attached hydrogen (secondary N) is 1. The highest BCUT2D eigenvalue weighted by Crippen LogP contribution is 2.17. The molecule has 0 spiro atoms. The normalized spacial score (nSPS) is 12.0. The topological polar surface area (TPSA) is 39.1 Å². The molecular weight excluding hydrogens is 277 g/mol. The first-order chi connectivity index (χ1) is 10.6. The highest BCUT2D eigenvalue weighted by Gasteiger charge is 2.10. The van der Waals surface area contributed by atoms with Gasteiger partial charge in [-0.25, -0.2) is 4.39 Å². The molecule has 1 unspecified atom stereocenters. The summed E-state index contributed by atoms with van der Waals surface area (Å²) < 4.78 is 13.1. The molecule has 0 amide bonds. The molecule has 0 radical (unpaired) electrons. The SMILES string of the molecule is CC(CN(C)Cc1ccccc1)Nc1ccc(F)cc1C#N. The molecule has 0 aromatic heterocycles. The van der Waals surface area contributed by atoms with Crippen LogP contribution in [0.4, 0.5) is 10.1 Å². The fraction of sp³-hybridized carbons (Fsp3) is 0.278. The largest absolute Gasteiger partial charge is 0.380 e. The van der Waals surface area contributed by atoms with Crippen LogP contribution in [-0.2, 0) is 6.54 Å². The van der Waals surface area contributed by atoms with E-state index in [0.717, 1.165) is 13.1 Å². The summed E-state index contributed by atoms with van der Waals surface area (Å²) in [5.74, 6) is -0.393. The second kappa shape index (κ2) is 7.58. The number of benzene rings is 2. The van der Waals surface area contributed by atoms with Gasteiger partial charge in [0.15, 0.2) is 0 Å². The lowest BCUT2D eigenvalue weighted by Crippen LogP contribution is -2.32. The van der Waals surface area contributed by atoms with Crippen LogP contribution in [0.15, 0.2) is 48.5 Å². The van der Waals surface area contributed by atoms with E-state index < -0.39 is 5.82 Å². The van der Waals surface area contributed by atoms with Crippen molar-refractivity contribution in [1.82, 2.24) is 4.90 Å². The Morgan fingerprint density at radius 1 is 1.23 bits per heavy atom. The number of likely N-dealkylation sites (N-methyl/N-ethyl adjacent to an activating group) is 1. The molecule has 0 aliphatic heterocycles. The number of hydrogen-bond donors (Lipinski definition) is 1. The molecule has 0 aliphatic carbocycles. The molecule has 0 saturated heterocycles. The maximum absolute atomic E-state index is 13.1. The average molecular weight is 297 g/mol. The smallest absolute Gasteiger partial charge is 0.124 e. The zero-order valence-electron chi connectivity index (χ0n) is 12.9. The fourth-order valence-corrected chi connectivity index (χ4v) is 2.47. The van der Waals surface area contributed by atoms with E-state index in [2.05, 4.69) is 29.4 Å². The summed E-state index contributed by atoms with van der Waals surface area (Å²) in [5, 5.41) is 12.3. The third-order valence-corrected chi connectivity index (χ3v) is 3.38. The van der Waals surface area contributed by atoms with Crippen LogP contribution in [0, 0.1) is 17.1 Å². The predicted molar refractivity (Wildman–Crippen MR) is 87.0 cm³/mol. The number of nitrogens with zero attached hydrogens (tertiary/aromatic N) is 2. The Bertz CT molecular complexity index is 649. The standard InChI is InChI=1S/C18H20FN3/c1-14(12-22(2)13-15-6-4-3-5-7-15)21-18-9-8-17(19)10-16(18)11-20/h3-10,14,21H,12-13H2,1-2H3. The van der Waals surface area contributed by atoms with Gasteiger partial charge in [0, 0.05) is 19.1 Å². The molecule has 22 heavy (non-hydrogen) atoms. The second-order valence-corrected chi connectivity index (χ2v) is 5.53. The van der Waals surface area contributed by atoms with E-state index in [1.54, 1.807) is 6.07 Å². The molecule has 1 N–H and O–H groups in total. The molecule has 2 aromatic carbocycles. The zero-order valence-corrected chi connectivity index (χ0v) is 12.9. The van der Waals surface area contributed by atoms with Crippen molar-refractivity contribution in [2.45, 2.75) is 19.5 Å². The Balaban J connectivity index is 1.93. The van der Waals surface area contributed by atoms with Crippen molar-refractivity contribution in [3.8, 4) is 6.07 Å². The van der Waals surface area contributed by atoms with Gasteiger partial charge in [-0.1, -0.05) is 30.3 Å². The van der Waals surface area contributed by atoms with Crippen molar-refractivity contribution in [2.75, 3.05) is 18.9 Å². The van der Waals surface area contributed by atoms with E-state index in [0.29, 0.717) is 11.3 Å². The zero-order chi connectivity index (χ0) is 15.9. The van der Waals surface area contributed by atoms with Crippen LogP contribution in [-0.4, -0.2) is 24.5 Å². The molecule has 0 aliphatic rings. The van der Waals surface area contributed by atoms with Gasteiger partial charge in [-0.3, -0.25) is 0 Å². The third kappa shape index (κ3) is 4.57. The van der Waals surface area contributed by atoms with Crippen molar-refractivity contribution < 1.29 is 4.39 Å². The lowest BCUT2D eigenvalue weighted by molar-refractivity contribution is 0.316. The number of nitriles is 1. The Kier molecular flexibility index (Phi) is 5.51. The molecule has 0 heterocycles. The minimum absolute atomic E-state index is 0.145. The van der Waals surface area contributed by atoms with Crippen molar-refractivity contribution in [3.05, 3.63) is 65.5 Å². The van der Waals surface area contributed by atoms with Crippen molar-refractivity contribution in [1.29, 1.82) is 5.26 Å². The minimum atomic E-state index is -0.393. The van der Waals surface area contributed by atoms with Gasteiger partial charge in [-0.15, -0.1) is 0 Å². The van der Waals surface area contributed by atoms with Gasteiger partial charge in [0.1, 0.15) is 11.9 Å². The summed E-state index contributed by atoms with van der Waals surface area (Å²) in [7, 11) is 2.06. The Hall–Kier alpha value is -2.38. The van der Waals surface area contributed by atoms with Gasteiger partial charge in [0.25, 0.3) is 0 Å². The highest BCUT2D eigenvalue weighted by atomic mass is 19.1. The van der Waals surface area contributed by atoms with Crippen molar-refractivity contribution >= 4 is 5.69 Å². The number of hydrogen-bond acceptors (Lipinski definition) is 3. The van der Waals surface area contributed by atoms with Crippen LogP contribution in [0.5, 0.6) is 0 Å². The average Bonchev–Trinajstić information content (AvgIpc) is 2.49. The van der Waals surface area contributed by atoms with E-state index in [1.807, 2.05) is 31.2 Å². The summed E-state index contributed by atoms with van der Waals surface area (Å²) >= 11 is 0. The summed E-state index contributed by atoms with van der Waals surface area (Å²) in [6.07, 6.45) is 0. The molecule has 2 aromatic rings. The summed E-state index contributed by atoms with van der Waals surface area (Å²) in [6, 6.07) is 16.7. The van der Waals surface area contributed by atoms with Gasteiger partial charge in [0.05, 0.1) is 11.3 Å². The fourth-order valence-electron chi connectivity index (χ4n) is 2.47. The van der Waals surface area contributed by atoms with E-state index in [1.165, 1.54) is 17.7 Å². The number of anilines is 1. The molecule has 4 heteroatoms. The van der Waals surface area contributed by atoms with E-state index in [4.69, 9.17) is 5.26 Å². The first-order valence-electron chi connectivity index (χ1n) is 7.27. The molecule has 114 valence electrons. The van der Waals surface area contributed by atoms with Gasteiger partial charge in [0.2, 0.25) is 0 Å². The highest BCUT2D eigenvalue weighted by molar-refractivity contribution is 5.57. The Morgan fingerprint density at radius 2 is 1.95 bits per heavy atom. The molecule has 0 fully saturated rings. The molecular formula is C18H20FN3. The second-order valence-electron chi connectivity index (χ2n) is 5.53. The van der Waals surface area contributed by atoms with E-state index >= 15 is 0 Å². The first kappa shape index (κ1) is 16.0. The molecule has 0 bridgehead atoms. The van der Waals surface area contributed by atoms with E-state index in [9.17, 15) is 4.39 Å². The quantitative estimate of drug-likeness (QED) is 0.885. The van der Waals surface area contributed by atoms with Gasteiger partial charge in [-0.2, -0.15) is 5.26 Å². The summed E-state index contributed by atoms with van der Waals surface area (Å²) in [6.45, 7) is 3.73. The third-order valence-electron chi connectivity index (χ3n) is 3.38. The van der Waals surface area contributed by atoms with Gasteiger partial charge >= 0.3 is 0 Å². The number of halogens is 1. The molecule has 1 atom stereocenters. The Labute approximate surface area is 131 Å². The van der Waals surface area contributed by atoms with Crippen LogP contribution in [0.3, 0.4) is 0 Å². The van der Waals surface area contributed by atoms with Crippen molar-refractivity contribution in [2.24, 2.45) is 0 Å². The van der Waals surface area contributed by atoms with Crippen LogP contribution >= 0.6 is 0 Å². The van der Waals surface area contributed by atoms with E-state index in [-0.39, 0.29) is 6.04 Å². The lowest BCUT2D eigenvalue weighted by atomic mass is 10.1. The van der Waals surface area contributed by atoms with Crippen LogP contribution in [0.25, 0.3) is 0 Å². The summed E-state index contributed by atoms with van der Waals surface area (Å²) in [5.41, 5.74) is 2.26. The van der Waals surface area contributed by atoms with Gasteiger partial charge < -0.3 is 10.2 Å². The number of rotatable bonds is 6. The lowest BCUT2D eigenvalue weighted by Gasteiger charge is -2.23. The molecule has 3 nitrogen and oxygen atoms in total. The molecule has 2 rings (SSSR count). The monoisotopic (exact) mass is 297 g/mol. The summed E-state index contributed by atoms with van der Waals surface area (Å²) in [4.78, 5) is 2.21. The van der Waals surface area contributed by atoms with Crippen LogP contribution < -0.4 is 5.32 Å². The van der Waals surface area contributed by atoms with Crippen LogP contribution in [0.2, 0.25) is 0 Å².